The molecule has 0 heterocycles. The van der Waals surface area contributed by atoms with Crippen molar-refractivity contribution in [3.05, 3.63) is 102 Å². The van der Waals surface area contributed by atoms with Crippen molar-refractivity contribution in [1.29, 1.82) is 0 Å². The first-order valence-electron chi connectivity index (χ1n) is 11.5. The van der Waals surface area contributed by atoms with Crippen molar-refractivity contribution in [3.8, 4) is 0 Å². The Hall–Kier alpha value is -2.47. The first kappa shape index (κ1) is 25.2. The van der Waals surface area contributed by atoms with Gasteiger partial charge in [0.2, 0.25) is 0 Å². The van der Waals surface area contributed by atoms with Crippen molar-refractivity contribution in [1.82, 2.24) is 0 Å². The molecule has 3 aromatic carbocycles. The summed E-state index contributed by atoms with van der Waals surface area (Å²) in [7, 11) is -6.31. The molecule has 174 valence electrons. The van der Waals surface area contributed by atoms with Crippen LogP contribution in [0.4, 0.5) is 0 Å². The number of sulfone groups is 1. The van der Waals surface area contributed by atoms with Gasteiger partial charge in [-0.3, -0.25) is 0 Å². The molecule has 0 spiro atoms. The van der Waals surface area contributed by atoms with Crippen molar-refractivity contribution in [3.63, 3.8) is 0 Å². The van der Waals surface area contributed by atoms with Crippen molar-refractivity contribution in [2.75, 3.05) is 0 Å². The fraction of sp³-hybridized carbons (Fsp3) is 0.286. The summed E-state index contributed by atoms with van der Waals surface area (Å²) in [6.07, 6.45) is 3.05. The lowest BCUT2D eigenvalue weighted by molar-refractivity contribution is 0.222. The Morgan fingerprint density at radius 2 is 1.27 bits per heavy atom. The zero-order valence-electron chi connectivity index (χ0n) is 19.9. The normalized spacial score (nSPS) is 13.8. The van der Waals surface area contributed by atoms with E-state index >= 15 is 0 Å². The summed E-state index contributed by atoms with van der Waals surface area (Å²) in [6, 6.07) is 29.4. The van der Waals surface area contributed by atoms with E-state index in [1.165, 1.54) is 15.8 Å². The second-order valence-electron chi connectivity index (χ2n) is 9.29. The van der Waals surface area contributed by atoms with E-state index in [2.05, 4.69) is 76.2 Å². The Morgan fingerprint density at radius 1 is 0.818 bits per heavy atom. The van der Waals surface area contributed by atoms with E-state index in [-0.39, 0.29) is 11.1 Å². The smallest absolute Gasteiger partial charge is 0.261 e. The van der Waals surface area contributed by atoms with Crippen LogP contribution >= 0.6 is 0 Å². The summed E-state index contributed by atoms with van der Waals surface area (Å²) in [6.45, 7) is 8.78. The highest BCUT2D eigenvalue weighted by Crippen LogP contribution is 2.38. The van der Waals surface area contributed by atoms with Gasteiger partial charge in [0.1, 0.15) is 0 Å². The Bertz CT molecular complexity index is 1100. The number of hydrogen-bond acceptors (Lipinski definition) is 3. The molecule has 0 N–H and O–H groups in total. The maximum Gasteiger partial charge on any atom is 0.261 e. The lowest BCUT2D eigenvalue weighted by atomic mass is 10.2. The lowest BCUT2D eigenvalue weighted by Gasteiger charge is -2.44. The molecular formula is C28H34O3SSi. The van der Waals surface area contributed by atoms with E-state index in [9.17, 15) is 8.42 Å². The molecule has 0 unspecified atom stereocenters. The van der Waals surface area contributed by atoms with E-state index in [1.807, 2.05) is 18.2 Å². The highest BCUT2D eigenvalue weighted by atomic mass is 32.2. The third kappa shape index (κ3) is 5.72. The molecule has 0 aliphatic heterocycles. The van der Waals surface area contributed by atoms with Gasteiger partial charge in [0.25, 0.3) is 8.32 Å². The van der Waals surface area contributed by atoms with E-state index in [0.717, 1.165) is 12.8 Å². The van der Waals surface area contributed by atoms with Crippen LogP contribution in [-0.4, -0.2) is 22.8 Å². The van der Waals surface area contributed by atoms with Crippen molar-refractivity contribution in [2.45, 2.75) is 56.6 Å². The van der Waals surface area contributed by atoms with Gasteiger partial charge >= 0.3 is 0 Å². The highest BCUT2D eigenvalue weighted by Gasteiger charge is 2.51. The minimum atomic E-state index is -3.54. The highest BCUT2D eigenvalue weighted by molar-refractivity contribution is 7.94. The molecule has 1 atom stereocenters. The number of rotatable bonds is 9. The first-order chi connectivity index (χ1) is 15.7. The van der Waals surface area contributed by atoms with Crippen LogP contribution in [0.25, 0.3) is 0 Å². The summed E-state index contributed by atoms with van der Waals surface area (Å²) in [5.74, 6) is 0. The van der Waals surface area contributed by atoms with Crippen LogP contribution in [0.15, 0.2) is 107 Å². The zero-order valence-corrected chi connectivity index (χ0v) is 21.8. The average molecular weight is 479 g/mol. The Labute approximate surface area is 200 Å². The summed E-state index contributed by atoms with van der Waals surface area (Å²) < 4.78 is 33.0. The van der Waals surface area contributed by atoms with Crippen LogP contribution in [0.5, 0.6) is 0 Å². The number of hydrogen-bond donors (Lipinski definition) is 0. The zero-order chi connectivity index (χ0) is 24.0. The molecule has 0 aliphatic rings. The van der Waals surface area contributed by atoms with Crippen molar-refractivity contribution in [2.24, 2.45) is 0 Å². The van der Waals surface area contributed by atoms with E-state index in [4.69, 9.17) is 4.43 Å². The first-order valence-corrected chi connectivity index (χ1v) is 14.9. The second kappa shape index (κ2) is 10.6. The number of benzene rings is 3. The maximum absolute atomic E-state index is 12.9. The van der Waals surface area contributed by atoms with E-state index in [1.54, 1.807) is 30.3 Å². The van der Waals surface area contributed by atoms with Crippen LogP contribution in [0.3, 0.4) is 0 Å². The molecule has 5 heteroatoms. The molecule has 0 amide bonds. The molecule has 0 fully saturated rings. The third-order valence-corrected chi connectivity index (χ3v) is 12.4. The van der Waals surface area contributed by atoms with Gasteiger partial charge < -0.3 is 4.43 Å². The molecule has 0 saturated carbocycles. The predicted molar refractivity (Wildman–Crippen MR) is 140 cm³/mol. The fourth-order valence-corrected chi connectivity index (χ4v) is 10.0. The van der Waals surface area contributed by atoms with Gasteiger partial charge in [-0.15, -0.1) is 0 Å². The molecule has 0 radical (unpaired) electrons. The second-order valence-corrected chi connectivity index (χ2v) is 15.4. The summed E-state index contributed by atoms with van der Waals surface area (Å²) in [4.78, 5) is 0.293. The molecule has 3 nitrogen and oxygen atoms in total. The van der Waals surface area contributed by atoms with Crippen LogP contribution in [-0.2, 0) is 14.3 Å². The molecular weight excluding hydrogens is 444 g/mol. The summed E-state index contributed by atoms with van der Waals surface area (Å²) >= 11 is 0. The topological polar surface area (TPSA) is 43.4 Å². The Morgan fingerprint density at radius 3 is 1.70 bits per heavy atom. The lowest BCUT2D eigenvalue weighted by Crippen LogP contribution is -2.67. The molecule has 0 bridgehead atoms. The van der Waals surface area contributed by atoms with Gasteiger partial charge in [-0.1, -0.05) is 113 Å². The molecule has 0 saturated heterocycles. The largest absolute Gasteiger partial charge is 0.401 e. The fourth-order valence-electron chi connectivity index (χ4n) is 4.28. The minimum absolute atomic E-state index is 0.173. The van der Waals surface area contributed by atoms with Crippen molar-refractivity contribution >= 4 is 28.5 Å². The van der Waals surface area contributed by atoms with Gasteiger partial charge in [0.15, 0.2) is 9.84 Å². The maximum atomic E-state index is 12.9. The molecule has 3 aromatic rings. The van der Waals surface area contributed by atoms with E-state index < -0.39 is 18.2 Å². The quantitative estimate of drug-likeness (QED) is 0.370. The molecule has 0 aromatic heterocycles. The SMILES string of the molecule is CCC[C@@H](/C=C/S(=O)(=O)c1ccccc1)O[Si](c1ccccc1)(c1ccccc1)C(C)(C)C. The third-order valence-electron chi connectivity index (χ3n) is 5.86. The van der Waals surface area contributed by atoms with Crippen LogP contribution in [0, 0.1) is 0 Å². The molecule has 33 heavy (non-hydrogen) atoms. The van der Waals surface area contributed by atoms with Gasteiger partial charge in [-0.25, -0.2) is 8.42 Å². The minimum Gasteiger partial charge on any atom is -0.401 e. The van der Waals surface area contributed by atoms with E-state index in [0.29, 0.717) is 4.90 Å². The van der Waals surface area contributed by atoms with Crippen LogP contribution < -0.4 is 10.4 Å². The standard InChI is InChI=1S/C28H34O3SSi/c1-5-15-24(22-23-32(29,30)25-16-9-6-10-17-25)31-33(28(2,3)4,26-18-11-7-12-19-26)27-20-13-8-14-21-27/h6-14,16-24H,5,15H2,1-4H3/b23-22+/t24-/m0/s1. The molecule has 3 rings (SSSR count). The average Bonchev–Trinajstić information content (AvgIpc) is 2.82. The van der Waals surface area contributed by atoms with Crippen LogP contribution in [0.2, 0.25) is 5.04 Å². The predicted octanol–water partition coefficient (Wildman–Crippen LogP) is 5.72. The molecule has 0 aliphatic carbocycles. The van der Waals surface area contributed by atoms with Gasteiger partial charge in [0, 0.05) is 5.41 Å². The van der Waals surface area contributed by atoms with Crippen LogP contribution in [0.1, 0.15) is 40.5 Å². The van der Waals surface area contributed by atoms with Gasteiger partial charge in [-0.05, 0) is 40.0 Å². The van der Waals surface area contributed by atoms with Gasteiger partial charge in [0.05, 0.1) is 11.0 Å². The summed E-state index contributed by atoms with van der Waals surface area (Å²) in [5.41, 5.74) is 0. The van der Waals surface area contributed by atoms with Gasteiger partial charge in [-0.2, -0.15) is 0 Å². The summed E-state index contributed by atoms with van der Waals surface area (Å²) in [5, 5.41) is 3.52. The Balaban J connectivity index is 2.10. The monoisotopic (exact) mass is 478 g/mol. The Kier molecular flexibility index (Phi) is 8.11. The van der Waals surface area contributed by atoms with Crippen molar-refractivity contribution < 1.29 is 12.8 Å².